The highest BCUT2D eigenvalue weighted by Crippen LogP contribution is 2.42. The molecule has 0 bridgehead atoms. The van der Waals surface area contributed by atoms with Crippen molar-refractivity contribution in [3.63, 3.8) is 0 Å². The minimum Gasteiger partial charge on any atom is -0.457 e. The van der Waals surface area contributed by atoms with Crippen LogP contribution in [-0.2, 0) is 17.3 Å². The van der Waals surface area contributed by atoms with E-state index in [2.05, 4.69) is 169 Å². The number of nitrogens with zero attached hydrogens (tertiary/aromatic N) is 4. The molecular weight excluding hydrogens is 613 g/mol. The lowest BCUT2D eigenvalue weighted by molar-refractivity contribution is 0.477. The molecule has 3 aromatic heterocycles. The van der Waals surface area contributed by atoms with Crippen molar-refractivity contribution in [1.29, 1.82) is 0 Å². The van der Waals surface area contributed by atoms with E-state index in [1.54, 1.807) is 0 Å². The maximum absolute atomic E-state index is 6.83. The first-order valence-corrected chi connectivity index (χ1v) is 17.7. The summed E-state index contributed by atoms with van der Waals surface area (Å²) in [6, 6.07) is 32.3. The molecule has 0 spiro atoms. The molecule has 0 unspecified atom stereocenters. The number of para-hydroxylation sites is 1. The summed E-state index contributed by atoms with van der Waals surface area (Å²) in [6.45, 7) is 22.3. The lowest BCUT2D eigenvalue weighted by Gasteiger charge is -2.26. The van der Waals surface area contributed by atoms with Gasteiger partial charge in [-0.15, -0.1) is 0 Å². The topological polar surface area (TPSA) is 44.9 Å². The van der Waals surface area contributed by atoms with Crippen LogP contribution in [0.25, 0.3) is 44.4 Å². The van der Waals surface area contributed by atoms with Crippen LogP contribution in [0.3, 0.4) is 0 Å². The molecule has 0 aliphatic carbocycles. The zero-order chi connectivity index (χ0) is 35.5. The molecule has 0 atom stereocenters. The molecule has 0 saturated carbocycles. The van der Waals surface area contributed by atoms with Crippen molar-refractivity contribution in [1.82, 2.24) is 19.3 Å². The van der Waals surface area contributed by atoms with E-state index in [9.17, 15) is 0 Å². The maximum Gasteiger partial charge on any atom is 0.137 e. The number of hydrogen-bond acceptors (Lipinski definition) is 3. The fourth-order valence-corrected chi connectivity index (χ4v) is 7.31. The minimum absolute atomic E-state index is 0.111. The number of hydrogen-bond donors (Lipinski definition) is 0. The van der Waals surface area contributed by atoms with E-state index >= 15 is 0 Å². The number of benzene rings is 4. The third-order valence-corrected chi connectivity index (χ3v) is 9.83. The summed E-state index contributed by atoms with van der Waals surface area (Å²) in [5.74, 6) is 2.46. The highest BCUT2D eigenvalue weighted by molar-refractivity contribution is 6.09. The third-order valence-electron chi connectivity index (χ3n) is 9.83. The van der Waals surface area contributed by atoms with E-state index in [0.717, 1.165) is 46.2 Å². The number of aryl methyl sites for hydroxylation is 4. The average molecular weight is 661 g/mol. The molecule has 0 amide bonds. The van der Waals surface area contributed by atoms with Crippen LogP contribution in [0.15, 0.2) is 97.2 Å². The summed E-state index contributed by atoms with van der Waals surface area (Å²) in [4.78, 5) is 4.81. The molecule has 0 aliphatic rings. The minimum atomic E-state index is -0.175. The second-order valence-corrected chi connectivity index (χ2v) is 15.7. The first-order chi connectivity index (χ1) is 23.7. The molecule has 0 radical (unpaired) electrons. The zero-order valence-electron chi connectivity index (χ0n) is 31.1. The van der Waals surface area contributed by atoms with Crippen LogP contribution in [0.5, 0.6) is 11.5 Å². The van der Waals surface area contributed by atoms with Gasteiger partial charge < -0.3 is 4.74 Å². The molecule has 4 aromatic carbocycles. The Balaban J connectivity index is 1.40. The fraction of sp³-hybridized carbons (Fsp3) is 0.289. The summed E-state index contributed by atoms with van der Waals surface area (Å²) < 4.78 is 11.2. The van der Waals surface area contributed by atoms with Crippen LogP contribution in [0, 0.1) is 20.8 Å². The van der Waals surface area contributed by atoms with Crippen molar-refractivity contribution < 1.29 is 4.74 Å². The monoisotopic (exact) mass is 660 g/mol. The average Bonchev–Trinajstić information content (AvgIpc) is 3.59. The number of aromatic nitrogens is 4. The second-order valence-electron chi connectivity index (χ2n) is 15.7. The third kappa shape index (κ3) is 5.89. The lowest BCUT2D eigenvalue weighted by Crippen LogP contribution is -2.19. The van der Waals surface area contributed by atoms with Crippen molar-refractivity contribution in [3.05, 3.63) is 131 Å². The largest absolute Gasteiger partial charge is 0.457 e. The lowest BCUT2D eigenvalue weighted by atomic mass is 9.83. The Hall–Kier alpha value is -5.16. The van der Waals surface area contributed by atoms with Crippen LogP contribution >= 0.6 is 0 Å². The number of pyridine rings is 1. The molecule has 0 aliphatic heterocycles. The summed E-state index contributed by atoms with van der Waals surface area (Å²) >= 11 is 0. The summed E-state index contributed by atoms with van der Waals surface area (Å²) in [7, 11) is 0. The van der Waals surface area contributed by atoms with Gasteiger partial charge in [-0.25, -0.2) is 9.67 Å². The van der Waals surface area contributed by atoms with Crippen molar-refractivity contribution >= 4 is 21.8 Å². The van der Waals surface area contributed by atoms with E-state index in [1.165, 1.54) is 49.8 Å². The Bertz CT molecular complexity index is 2370. The standard InChI is InChI=1S/C45H48N4O/c1-11-31-21-22-46-40(23-31)48-38-18-13-12-17-36(38)37-20-19-34(27-39(37)48)50-35-25-32(44(5,6)7)24-33(26-35)49-43(45(8,9)10)42(30(4)47-49)41-28(2)15-14-16-29(41)3/h12-27H,11H2,1-10H3. The van der Waals surface area contributed by atoms with Crippen LogP contribution in [-0.4, -0.2) is 19.3 Å². The summed E-state index contributed by atoms with van der Waals surface area (Å²) in [5, 5.41) is 7.61. The molecule has 50 heavy (non-hydrogen) atoms. The van der Waals surface area contributed by atoms with E-state index in [-0.39, 0.29) is 10.8 Å². The SMILES string of the molecule is CCc1ccnc(-n2c3ccccc3c3ccc(Oc4cc(-n5nc(C)c(-c6c(C)cccc6C)c5C(C)(C)C)cc(C(C)(C)C)c4)cc32)c1. The van der Waals surface area contributed by atoms with Gasteiger partial charge in [-0.3, -0.25) is 4.57 Å². The van der Waals surface area contributed by atoms with Crippen LogP contribution in [0.2, 0.25) is 0 Å². The van der Waals surface area contributed by atoms with Crippen molar-refractivity contribution in [3.8, 4) is 34.1 Å². The van der Waals surface area contributed by atoms with Gasteiger partial charge in [-0.1, -0.05) is 84.9 Å². The molecule has 5 heteroatoms. The molecule has 0 N–H and O–H groups in total. The zero-order valence-corrected chi connectivity index (χ0v) is 31.1. The predicted octanol–water partition coefficient (Wildman–Crippen LogP) is 11.9. The molecule has 7 rings (SSSR count). The smallest absolute Gasteiger partial charge is 0.137 e. The number of fused-ring (bicyclic) bond motifs is 3. The molecule has 3 heterocycles. The second kappa shape index (κ2) is 12.3. The van der Waals surface area contributed by atoms with Gasteiger partial charge in [0.05, 0.1) is 28.1 Å². The molecular formula is C45H48N4O. The van der Waals surface area contributed by atoms with E-state index in [1.807, 2.05) is 6.20 Å². The van der Waals surface area contributed by atoms with E-state index in [0.29, 0.717) is 0 Å². The van der Waals surface area contributed by atoms with Crippen LogP contribution < -0.4 is 4.74 Å². The predicted molar refractivity (Wildman–Crippen MR) is 209 cm³/mol. The maximum atomic E-state index is 6.83. The molecule has 5 nitrogen and oxygen atoms in total. The highest BCUT2D eigenvalue weighted by atomic mass is 16.5. The van der Waals surface area contributed by atoms with Gasteiger partial charge in [0.2, 0.25) is 0 Å². The molecule has 7 aromatic rings. The Labute approximate surface area is 296 Å². The van der Waals surface area contributed by atoms with Gasteiger partial charge in [-0.05, 0) is 103 Å². The van der Waals surface area contributed by atoms with Crippen molar-refractivity contribution in [2.45, 2.75) is 86.5 Å². The Morgan fingerprint density at radius 2 is 1.38 bits per heavy atom. The molecule has 254 valence electrons. The fourth-order valence-electron chi connectivity index (χ4n) is 7.31. The van der Waals surface area contributed by atoms with Crippen molar-refractivity contribution in [2.24, 2.45) is 0 Å². The highest BCUT2D eigenvalue weighted by Gasteiger charge is 2.30. The van der Waals surface area contributed by atoms with Gasteiger partial charge in [0.1, 0.15) is 17.3 Å². The summed E-state index contributed by atoms with van der Waals surface area (Å²) in [5.41, 5.74) is 12.6. The normalized spacial score (nSPS) is 12.3. The van der Waals surface area contributed by atoms with Crippen LogP contribution in [0.1, 0.15) is 82.1 Å². The number of ether oxygens (including phenoxy) is 1. The van der Waals surface area contributed by atoms with E-state index < -0.39 is 0 Å². The molecule has 0 fully saturated rings. The first-order valence-electron chi connectivity index (χ1n) is 17.7. The Morgan fingerprint density at radius 3 is 2.08 bits per heavy atom. The number of rotatable bonds is 6. The van der Waals surface area contributed by atoms with Gasteiger partial charge in [0.25, 0.3) is 0 Å². The van der Waals surface area contributed by atoms with E-state index in [4.69, 9.17) is 14.8 Å². The Morgan fingerprint density at radius 1 is 0.660 bits per heavy atom. The van der Waals surface area contributed by atoms with Crippen LogP contribution in [0.4, 0.5) is 0 Å². The quantitative estimate of drug-likeness (QED) is 0.178. The summed E-state index contributed by atoms with van der Waals surface area (Å²) in [6.07, 6.45) is 2.86. The van der Waals surface area contributed by atoms with Gasteiger partial charge in [0.15, 0.2) is 0 Å². The first kappa shape index (κ1) is 33.3. The van der Waals surface area contributed by atoms with Gasteiger partial charge >= 0.3 is 0 Å². The van der Waals surface area contributed by atoms with Gasteiger partial charge in [0, 0.05) is 40.1 Å². The van der Waals surface area contributed by atoms with Crippen molar-refractivity contribution in [2.75, 3.05) is 0 Å². The Kier molecular flexibility index (Phi) is 8.21. The van der Waals surface area contributed by atoms with Gasteiger partial charge in [-0.2, -0.15) is 5.10 Å². The molecule has 0 saturated heterocycles.